The first-order valence-corrected chi connectivity index (χ1v) is 7.39. The van der Waals surface area contributed by atoms with Gasteiger partial charge < -0.3 is 10.1 Å². The van der Waals surface area contributed by atoms with E-state index in [-0.39, 0.29) is 6.04 Å². The average Bonchev–Trinajstić information content (AvgIpc) is 2.47. The summed E-state index contributed by atoms with van der Waals surface area (Å²) >= 11 is 0. The lowest BCUT2D eigenvalue weighted by atomic mass is 10.1. The van der Waals surface area contributed by atoms with Gasteiger partial charge in [-0.3, -0.25) is 9.97 Å². The van der Waals surface area contributed by atoms with Gasteiger partial charge in [-0.05, 0) is 44.9 Å². The van der Waals surface area contributed by atoms with Gasteiger partial charge >= 0.3 is 0 Å². The smallest absolute Gasteiger partial charge is 0.142 e. The Balaban J connectivity index is 2.20. The molecule has 0 aliphatic heterocycles. The highest BCUT2D eigenvalue weighted by atomic mass is 16.5. The molecule has 0 aliphatic carbocycles. The lowest BCUT2D eigenvalue weighted by Gasteiger charge is -2.19. The lowest BCUT2D eigenvalue weighted by Crippen LogP contribution is -2.12. The van der Waals surface area contributed by atoms with Crippen molar-refractivity contribution in [3.63, 3.8) is 0 Å². The third-order valence-electron chi connectivity index (χ3n) is 3.30. The molecule has 0 spiro atoms. The van der Waals surface area contributed by atoms with Crippen molar-refractivity contribution in [3.8, 4) is 5.75 Å². The van der Waals surface area contributed by atoms with Crippen molar-refractivity contribution in [1.29, 1.82) is 0 Å². The summed E-state index contributed by atoms with van der Waals surface area (Å²) < 4.78 is 5.84. The Morgan fingerprint density at radius 2 is 1.95 bits per heavy atom. The molecule has 1 heterocycles. The minimum absolute atomic E-state index is 0.0744. The Morgan fingerprint density at radius 3 is 2.67 bits per heavy atom. The Labute approximate surface area is 126 Å². The van der Waals surface area contributed by atoms with Crippen LogP contribution in [-0.2, 0) is 0 Å². The number of rotatable bonds is 6. The van der Waals surface area contributed by atoms with Crippen LogP contribution in [0.5, 0.6) is 5.75 Å². The van der Waals surface area contributed by atoms with Gasteiger partial charge in [-0.25, -0.2) is 0 Å². The van der Waals surface area contributed by atoms with Gasteiger partial charge in [0.1, 0.15) is 5.75 Å². The summed E-state index contributed by atoms with van der Waals surface area (Å²) in [5.41, 5.74) is 4.08. The van der Waals surface area contributed by atoms with Crippen LogP contribution in [0.4, 0.5) is 5.69 Å². The van der Waals surface area contributed by atoms with Gasteiger partial charge in [0.15, 0.2) is 0 Å². The van der Waals surface area contributed by atoms with E-state index in [2.05, 4.69) is 54.3 Å². The molecular weight excluding hydrogens is 262 g/mol. The standard InChI is InChI=1S/C17H23N3O/c1-5-10-21-16-11-12(2)6-7-15(16)20-14(4)17-13(3)18-8-9-19-17/h6-9,11,14,20H,5,10H2,1-4H3. The SMILES string of the molecule is CCCOc1cc(C)ccc1NC(C)c1nccnc1C. The van der Waals surface area contributed by atoms with Gasteiger partial charge in [0.25, 0.3) is 0 Å². The summed E-state index contributed by atoms with van der Waals surface area (Å²) in [6.45, 7) is 8.95. The van der Waals surface area contributed by atoms with Crippen molar-refractivity contribution < 1.29 is 4.74 Å². The van der Waals surface area contributed by atoms with Crippen molar-refractivity contribution in [2.24, 2.45) is 0 Å². The second-order valence-electron chi connectivity index (χ2n) is 5.24. The monoisotopic (exact) mass is 285 g/mol. The summed E-state index contributed by atoms with van der Waals surface area (Å²) in [6, 6.07) is 6.28. The van der Waals surface area contributed by atoms with Gasteiger partial charge in [-0.2, -0.15) is 0 Å². The van der Waals surface area contributed by atoms with E-state index in [9.17, 15) is 0 Å². The topological polar surface area (TPSA) is 47.0 Å². The maximum atomic E-state index is 5.84. The van der Waals surface area contributed by atoms with Crippen LogP contribution in [0.3, 0.4) is 0 Å². The minimum Gasteiger partial charge on any atom is -0.491 e. The molecular formula is C17H23N3O. The number of ether oxygens (including phenoxy) is 1. The first-order valence-electron chi connectivity index (χ1n) is 7.39. The Bertz CT molecular complexity index is 598. The van der Waals surface area contributed by atoms with Crippen molar-refractivity contribution in [1.82, 2.24) is 9.97 Å². The molecule has 4 heteroatoms. The molecule has 1 atom stereocenters. The number of anilines is 1. The van der Waals surface area contributed by atoms with E-state index in [1.165, 1.54) is 5.56 Å². The molecule has 2 aromatic rings. The van der Waals surface area contributed by atoms with Gasteiger partial charge in [0, 0.05) is 12.4 Å². The first kappa shape index (κ1) is 15.3. The van der Waals surface area contributed by atoms with Crippen LogP contribution < -0.4 is 10.1 Å². The second-order valence-corrected chi connectivity index (χ2v) is 5.24. The van der Waals surface area contributed by atoms with Crippen LogP contribution in [0, 0.1) is 13.8 Å². The lowest BCUT2D eigenvalue weighted by molar-refractivity contribution is 0.318. The fourth-order valence-electron chi connectivity index (χ4n) is 2.23. The van der Waals surface area contributed by atoms with Crippen LogP contribution in [-0.4, -0.2) is 16.6 Å². The molecule has 0 saturated carbocycles. The zero-order valence-corrected chi connectivity index (χ0v) is 13.2. The first-order chi connectivity index (χ1) is 10.1. The normalized spacial score (nSPS) is 12.0. The molecule has 112 valence electrons. The van der Waals surface area contributed by atoms with Crippen LogP contribution in [0.15, 0.2) is 30.6 Å². The Morgan fingerprint density at radius 1 is 1.19 bits per heavy atom. The summed E-state index contributed by atoms with van der Waals surface area (Å²) in [5.74, 6) is 0.894. The maximum Gasteiger partial charge on any atom is 0.142 e. The molecule has 0 aliphatic rings. The zero-order chi connectivity index (χ0) is 15.2. The molecule has 0 amide bonds. The van der Waals surface area contributed by atoms with Gasteiger partial charge in [0.2, 0.25) is 0 Å². The highest BCUT2D eigenvalue weighted by Crippen LogP contribution is 2.29. The molecule has 1 aromatic carbocycles. The van der Waals surface area contributed by atoms with Crippen LogP contribution in [0.2, 0.25) is 0 Å². The number of nitrogens with one attached hydrogen (secondary N) is 1. The van der Waals surface area contributed by atoms with E-state index >= 15 is 0 Å². The van der Waals surface area contributed by atoms with Gasteiger partial charge in [-0.1, -0.05) is 13.0 Å². The highest BCUT2D eigenvalue weighted by Gasteiger charge is 2.13. The number of benzene rings is 1. The average molecular weight is 285 g/mol. The third-order valence-corrected chi connectivity index (χ3v) is 3.30. The molecule has 4 nitrogen and oxygen atoms in total. The largest absolute Gasteiger partial charge is 0.491 e. The van der Waals surface area contributed by atoms with Crippen molar-refractivity contribution in [2.45, 2.75) is 40.2 Å². The molecule has 1 aromatic heterocycles. The van der Waals surface area contributed by atoms with E-state index < -0.39 is 0 Å². The Kier molecular flexibility index (Phi) is 5.14. The number of aryl methyl sites for hydroxylation is 2. The van der Waals surface area contributed by atoms with Gasteiger partial charge in [-0.15, -0.1) is 0 Å². The molecule has 0 bridgehead atoms. The highest BCUT2D eigenvalue weighted by molar-refractivity contribution is 5.58. The van der Waals surface area contributed by atoms with Crippen LogP contribution in [0.25, 0.3) is 0 Å². The molecule has 1 unspecified atom stereocenters. The number of nitrogens with zero attached hydrogens (tertiary/aromatic N) is 2. The predicted molar refractivity (Wildman–Crippen MR) is 85.8 cm³/mol. The second kappa shape index (κ2) is 7.07. The number of hydrogen-bond acceptors (Lipinski definition) is 4. The Hall–Kier alpha value is -2.10. The third kappa shape index (κ3) is 3.94. The summed E-state index contributed by atoms with van der Waals surface area (Å²) in [7, 11) is 0. The molecule has 0 radical (unpaired) electrons. The summed E-state index contributed by atoms with van der Waals surface area (Å²) in [6.07, 6.45) is 4.43. The van der Waals surface area contributed by atoms with Crippen LogP contribution >= 0.6 is 0 Å². The van der Waals surface area contributed by atoms with E-state index in [0.29, 0.717) is 0 Å². The van der Waals surface area contributed by atoms with Gasteiger partial charge in [0.05, 0.1) is 29.7 Å². The molecule has 1 N–H and O–H groups in total. The quantitative estimate of drug-likeness (QED) is 0.869. The minimum atomic E-state index is 0.0744. The molecule has 2 rings (SSSR count). The maximum absolute atomic E-state index is 5.84. The van der Waals surface area contributed by atoms with Crippen molar-refractivity contribution >= 4 is 5.69 Å². The molecule has 0 fully saturated rings. The van der Waals surface area contributed by atoms with E-state index in [0.717, 1.165) is 35.9 Å². The van der Waals surface area contributed by atoms with E-state index in [4.69, 9.17) is 4.74 Å². The number of aromatic nitrogens is 2. The number of hydrogen-bond donors (Lipinski definition) is 1. The summed E-state index contributed by atoms with van der Waals surface area (Å²) in [5, 5.41) is 3.48. The fraction of sp³-hybridized carbons (Fsp3) is 0.412. The fourth-order valence-corrected chi connectivity index (χ4v) is 2.23. The molecule has 0 saturated heterocycles. The zero-order valence-electron chi connectivity index (χ0n) is 13.2. The van der Waals surface area contributed by atoms with Crippen molar-refractivity contribution in [3.05, 3.63) is 47.5 Å². The van der Waals surface area contributed by atoms with E-state index in [1.54, 1.807) is 12.4 Å². The van der Waals surface area contributed by atoms with Crippen molar-refractivity contribution in [2.75, 3.05) is 11.9 Å². The molecule has 21 heavy (non-hydrogen) atoms. The predicted octanol–water partition coefficient (Wildman–Crippen LogP) is 4.06. The summed E-state index contributed by atoms with van der Waals surface area (Å²) in [4.78, 5) is 8.71. The van der Waals surface area contributed by atoms with E-state index in [1.807, 2.05) is 6.92 Å². The van der Waals surface area contributed by atoms with Crippen LogP contribution in [0.1, 0.15) is 43.3 Å².